The molecule has 0 aliphatic carbocycles. The highest BCUT2D eigenvalue weighted by atomic mass is 16.5. The smallest absolute Gasteiger partial charge is 0.122 e. The number of ether oxygens (including phenoxy) is 1. The molecule has 1 rings (SSSR count). The lowest BCUT2D eigenvalue weighted by Crippen LogP contribution is -2.25. The summed E-state index contributed by atoms with van der Waals surface area (Å²) >= 11 is 0. The Hall–Kier alpha value is -1.06. The summed E-state index contributed by atoms with van der Waals surface area (Å²) in [6, 6.07) is 8.12. The fraction of sp³-hybridized carbons (Fsp3) is 0.571. The summed E-state index contributed by atoms with van der Waals surface area (Å²) in [7, 11) is 4.20. The number of hydrogen-bond donors (Lipinski definition) is 1. The van der Waals surface area contributed by atoms with E-state index in [4.69, 9.17) is 4.74 Å². The molecule has 0 aromatic heterocycles. The van der Waals surface area contributed by atoms with Gasteiger partial charge in [0.15, 0.2) is 0 Å². The summed E-state index contributed by atoms with van der Waals surface area (Å²) in [4.78, 5) is 2.20. The predicted molar refractivity (Wildman–Crippen MR) is 72.7 cm³/mol. The van der Waals surface area contributed by atoms with E-state index in [1.165, 1.54) is 12.0 Å². The fourth-order valence-corrected chi connectivity index (χ4v) is 1.60. The number of rotatable bonds is 8. The van der Waals surface area contributed by atoms with E-state index in [9.17, 15) is 0 Å². The van der Waals surface area contributed by atoms with Gasteiger partial charge in [0, 0.05) is 6.54 Å². The van der Waals surface area contributed by atoms with Gasteiger partial charge in [0.2, 0.25) is 0 Å². The number of hydrogen-bond acceptors (Lipinski definition) is 3. The lowest BCUT2D eigenvalue weighted by molar-refractivity contribution is 0.309. The second-order valence-corrected chi connectivity index (χ2v) is 4.52. The summed E-state index contributed by atoms with van der Waals surface area (Å²) in [5, 5.41) is 3.38. The van der Waals surface area contributed by atoms with Gasteiger partial charge >= 0.3 is 0 Å². The third-order valence-corrected chi connectivity index (χ3v) is 2.59. The summed E-state index contributed by atoms with van der Waals surface area (Å²) < 4.78 is 5.69. The minimum absolute atomic E-state index is 0.729. The van der Waals surface area contributed by atoms with Crippen LogP contribution in [-0.4, -0.2) is 45.2 Å². The normalized spacial score (nSPS) is 10.8. The largest absolute Gasteiger partial charge is 0.492 e. The molecule has 0 spiro atoms. The van der Waals surface area contributed by atoms with Gasteiger partial charge in [-0.25, -0.2) is 0 Å². The zero-order chi connectivity index (χ0) is 12.5. The topological polar surface area (TPSA) is 24.5 Å². The number of para-hydroxylation sites is 1. The Kier molecular flexibility index (Phi) is 6.67. The minimum Gasteiger partial charge on any atom is -0.492 e. The van der Waals surface area contributed by atoms with E-state index in [1.54, 1.807) is 0 Å². The molecule has 0 heterocycles. The van der Waals surface area contributed by atoms with Crippen molar-refractivity contribution in [3.8, 4) is 5.75 Å². The van der Waals surface area contributed by atoms with E-state index >= 15 is 0 Å². The second-order valence-electron chi connectivity index (χ2n) is 4.52. The quantitative estimate of drug-likeness (QED) is 0.698. The van der Waals surface area contributed by atoms with Crippen molar-refractivity contribution in [2.75, 3.05) is 40.3 Å². The molecule has 0 bridgehead atoms. The van der Waals surface area contributed by atoms with E-state index in [0.717, 1.165) is 32.0 Å². The first kappa shape index (κ1) is 14.0. The van der Waals surface area contributed by atoms with Crippen LogP contribution in [0, 0.1) is 6.92 Å². The lowest BCUT2D eigenvalue weighted by Gasteiger charge is -2.11. The van der Waals surface area contributed by atoms with Crippen molar-refractivity contribution in [3.05, 3.63) is 29.8 Å². The second kappa shape index (κ2) is 8.09. The lowest BCUT2D eigenvalue weighted by atomic mass is 10.2. The third-order valence-electron chi connectivity index (χ3n) is 2.59. The van der Waals surface area contributed by atoms with Crippen molar-refractivity contribution in [3.63, 3.8) is 0 Å². The number of nitrogens with one attached hydrogen (secondary N) is 1. The Morgan fingerprint density at radius 3 is 2.65 bits per heavy atom. The molecule has 0 aliphatic heterocycles. The van der Waals surface area contributed by atoms with Crippen LogP contribution >= 0.6 is 0 Å². The molecule has 17 heavy (non-hydrogen) atoms. The van der Waals surface area contributed by atoms with Crippen LogP contribution in [0.3, 0.4) is 0 Å². The predicted octanol–water partition coefficient (Wildman–Crippen LogP) is 1.92. The first-order valence-electron chi connectivity index (χ1n) is 6.24. The summed E-state index contributed by atoms with van der Waals surface area (Å²) in [5.74, 6) is 0.989. The van der Waals surface area contributed by atoms with Crippen molar-refractivity contribution in [2.24, 2.45) is 0 Å². The van der Waals surface area contributed by atoms with Gasteiger partial charge in [-0.05, 0) is 52.2 Å². The van der Waals surface area contributed by atoms with Crippen LogP contribution in [-0.2, 0) is 0 Å². The molecular weight excluding hydrogens is 212 g/mol. The molecule has 1 aromatic carbocycles. The van der Waals surface area contributed by atoms with Gasteiger partial charge in [-0.15, -0.1) is 0 Å². The van der Waals surface area contributed by atoms with Crippen molar-refractivity contribution >= 4 is 0 Å². The van der Waals surface area contributed by atoms with Crippen LogP contribution in [0.2, 0.25) is 0 Å². The average molecular weight is 236 g/mol. The van der Waals surface area contributed by atoms with E-state index in [0.29, 0.717) is 0 Å². The average Bonchev–Trinajstić information content (AvgIpc) is 2.30. The molecular formula is C14H24N2O. The van der Waals surface area contributed by atoms with Gasteiger partial charge in [0.25, 0.3) is 0 Å². The minimum atomic E-state index is 0.729. The van der Waals surface area contributed by atoms with Gasteiger partial charge < -0.3 is 15.0 Å². The summed E-state index contributed by atoms with van der Waals surface area (Å²) in [6.07, 6.45) is 1.18. The maximum absolute atomic E-state index is 5.69. The van der Waals surface area contributed by atoms with Crippen LogP contribution < -0.4 is 10.1 Å². The Morgan fingerprint density at radius 2 is 1.94 bits per heavy atom. The zero-order valence-corrected chi connectivity index (χ0v) is 11.2. The highest BCUT2D eigenvalue weighted by Gasteiger charge is 1.96. The van der Waals surface area contributed by atoms with Crippen molar-refractivity contribution in [1.82, 2.24) is 10.2 Å². The van der Waals surface area contributed by atoms with Gasteiger partial charge in [-0.2, -0.15) is 0 Å². The third kappa shape index (κ3) is 6.29. The molecule has 0 amide bonds. The molecule has 3 heteroatoms. The molecule has 0 radical (unpaired) electrons. The zero-order valence-electron chi connectivity index (χ0n) is 11.2. The molecule has 0 atom stereocenters. The van der Waals surface area contributed by atoms with Crippen LogP contribution in [0.15, 0.2) is 24.3 Å². The Morgan fingerprint density at radius 1 is 1.18 bits per heavy atom. The highest BCUT2D eigenvalue weighted by molar-refractivity contribution is 5.31. The van der Waals surface area contributed by atoms with E-state index in [-0.39, 0.29) is 0 Å². The standard InChI is InChI=1S/C14H24N2O/c1-13-7-4-5-8-14(13)17-12-10-15-9-6-11-16(2)3/h4-5,7-8,15H,6,9-12H2,1-3H3. The number of aryl methyl sites for hydroxylation is 1. The maximum Gasteiger partial charge on any atom is 0.122 e. The molecule has 0 saturated carbocycles. The fourth-order valence-electron chi connectivity index (χ4n) is 1.60. The van der Waals surface area contributed by atoms with E-state index in [2.05, 4.69) is 37.3 Å². The molecule has 0 fully saturated rings. The summed E-state index contributed by atoms with van der Waals surface area (Å²) in [5.41, 5.74) is 1.19. The highest BCUT2D eigenvalue weighted by Crippen LogP contribution is 2.15. The molecule has 0 saturated heterocycles. The van der Waals surface area contributed by atoms with Gasteiger partial charge in [0.05, 0.1) is 0 Å². The van der Waals surface area contributed by atoms with Gasteiger partial charge in [-0.3, -0.25) is 0 Å². The Balaban J connectivity index is 2.03. The van der Waals surface area contributed by atoms with Crippen molar-refractivity contribution in [1.29, 1.82) is 0 Å². The number of benzene rings is 1. The van der Waals surface area contributed by atoms with E-state index in [1.807, 2.05) is 18.2 Å². The number of nitrogens with zero attached hydrogens (tertiary/aromatic N) is 1. The first-order chi connectivity index (χ1) is 8.20. The van der Waals surface area contributed by atoms with Gasteiger partial charge in [0.1, 0.15) is 12.4 Å². The molecule has 1 aromatic rings. The molecule has 1 N–H and O–H groups in total. The first-order valence-corrected chi connectivity index (χ1v) is 6.24. The van der Waals surface area contributed by atoms with Crippen LogP contribution in [0.1, 0.15) is 12.0 Å². The van der Waals surface area contributed by atoms with Crippen molar-refractivity contribution < 1.29 is 4.74 Å². The van der Waals surface area contributed by atoms with E-state index < -0.39 is 0 Å². The monoisotopic (exact) mass is 236 g/mol. The SMILES string of the molecule is Cc1ccccc1OCCNCCCN(C)C. The van der Waals surface area contributed by atoms with Crippen molar-refractivity contribution in [2.45, 2.75) is 13.3 Å². The van der Waals surface area contributed by atoms with Gasteiger partial charge in [-0.1, -0.05) is 18.2 Å². The maximum atomic E-state index is 5.69. The molecule has 0 aliphatic rings. The van der Waals surface area contributed by atoms with Crippen LogP contribution in [0.25, 0.3) is 0 Å². The molecule has 3 nitrogen and oxygen atoms in total. The summed E-state index contributed by atoms with van der Waals surface area (Å²) in [6.45, 7) is 5.88. The Bertz CT molecular complexity index is 313. The molecule has 96 valence electrons. The Labute approximate surface area is 105 Å². The molecule has 0 unspecified atom stereocenters. The van der Waals surface area contributed by atoms with Crippen LogP contribution in [0.5, 0.6) is 5.75 Å². The van der Waals surface area contributed by atoms with Crippen LogP contribution in [0.4, 0.5) is 0 Å².